The highest BCUT2D eigenvalue weighted by atomic mass is 16.5. The van der Waals surface area contributed by atoms with Crippen molar-refractivity contribution in [2.75, 3.05) is 32.7 Å². The van der Waals surface area contributed by atoms with E-state index in [0.29, 0.717) is 42.6 Å². The first-order valence-corrected chi connectivity index (χ1v) is 8.90. The van der Waals surface area contributed by atoms with E-state index in [0.717, 1.165) is 0 Å². The van der Waals surface area contributed by atoms with Crippen LogP contribution in [0.15, 0.2) is 58.6 Å². The number of methoxy groups -OCH3 is 2. The van der Waals surface area contributed by atoms with Crippen LogP contribution in [-0.2, 0) is 4.74 Å². The Kier molecular flexibility index (Phi) is 6.33. The summed E-state index contributed by atoms with van der Waals surface area (Å²) in [6.45, 7) is 0.854. The molecule has 1 atom stereocenters. The molecular weight excluding hydrogens is 360 g/mol. The highest BCUT2D eigenvalue weighted by molar-refractivity contribution is 6.24. The predicted molar refractivity (Wildman–Crippen MR) is 107 cm³/mol. The summed E-state index contributed by atoms with van der Waals surface area (Å²) in [4.78, 5) is 34.8. The van der Waals surface area contributed by atoms with Crippen LogP contribution in [0.4, 0.5) is 15.3 Å². The molecule has 1 aliphatic carbocycles. The van der Waals surface area contributed by atoms with Crippen LogP contribution in [0.25, 0.3) is 0 Å². The first-order chi connectivity index (χ1) is 13.6. The van der Waals surface area contributed by atoms with E-state index in [1.807, 2.05) is 12.2 Å². The highest BCUT2D eigenvalue weighted by Gasteiger charge is 2.34. The van der Waals surface area contributed by atoms with E-state index in [4.69, 9.17) is 9.47 Å². The fourth-order valence-electron chi connectivity index (χ4n) is 2.96. The molecule has 0 radical (unpaired) electrons. The largest absolute Gasteiger partial charge is 0.497 e. The minimum Gasteiger partial charge on any atom is -0.497 e. The molecule has 0 spiro atoms. The van der Waals surface area contributed by atoms with Crippen LogP contribution in [-0.4, -0.2) is 55.9 Å². The molecule has 1 aliphatic heterocycles. The second kappa shape index (κ2) is 9.09. The number of benzene rings is 1. The van der Waals surface area contributed by atoms with E-state index in [2.05, 4.69) is 15.3 Å². The summed E-state index contributed by atoms with van der Waals surface area (Å²) >= 11 is 0. The van der Waals surface area contributed by atoms with Gasteiger partial charge in [0.05, 0.1) is 18.7 Å². The van der Waals surface area contributed by atoms with Crippen molar-refractivity contribution < 1.29 is 19.1 Å². The lowest BCUT2D eigenvalue weighted by atomic mass is 9.94. The Morgan fingerprint density at radius 3 is 2.96 bits per heavy atom. The minimum atomic E-state index is -0.572. The van der Waals surface area contributed by atoms with Crippen LogP contribution in [0, 0.1) is 5.92 Å². The Labute approximate surface area is 163 Å². The van der Waals surface area contributed by atoms with E-state index >= 15 is 0 Å². The second-order valence-corrected chi connectivity index (χ2v) is 6.17. The summed E-state index contributed by atoms with van der Waals surface area (Å²) in [5, 5.41) is 2.71. The van der Waals surface area contributed by atoms with Gasteiger partial charge in [-0.3, -0.25) is 4.90 Å². The number of hydrogen-bond donors (Lipinski definition) is 1. The maximum absolute atomic E-state index is 12.6. The van der Waals surface area contributed by atoms with Crippen molar-refractivity contribution in [3.63, 3.8) is 0 Å². The second-order valence-electron chi connectivity index (χ2n) is 6.17. The Morgan fingerprint density at radius 2 is 2.18 bits per heavy atom. The minimum absolute atomic E-state index is 0.346. The third-order valence-corrected chi connectivity index (χ3v) is 4.28. The first-order valence-electron chi connectivity index (χ1n) is 8.90. The lowest BCUT2D eigenvalue weighted by molar-refractivity contribution is 0.184. The zero-order valence-electron chi connectivity index (χ0n) is 15.8. The van der Waals surface area contributed by atoms with Gasteiger partial charge in [-0.15, -0.1) is 0 Å². The summed E-state index contributed by atoms with van der Waals surface area (Å²) in [6, 6.07) is 5.96. The summed E-state index contributed by atoms with van der Waals surface area (Å²) in [5.74, 6) is 0.627. The average molecular weight is 382 g/mol. The van der Waals surface area contributed by atoms with Gasteiger partial charge in [0.2, 0.25) is 0 Å². The van der Waals surface area contributed by atoms with Crippen molar-refractivity contribution in [3.05, 3.63) is 48.6 Å². The number of fused-ring (bicyclic) bond motifs is 1. The van der Waals surface area contributed by atoms with Gasteiger partial charge in [0.15, 0.2) is 0 Å². The number of amides is 4. The van der Waals surface area contributed by atoms with E-state index in [1.165, 1.54) is 4.90 Å². The van der Waals surface area contributed by atoms with Gasteiger partial charge in [0.25, 0.3) is 0 Å². The van der Waals surface area contributed by atoms with Crippen molar-refractivity contribution in [2.24, 2.45) is 15.9 Å². The van der Waals surface area contributed by atoms with Gasteiger partial charge in [-0.05, 0) is 24.6 Å². The van der Waals surface area contributed by atoms with Crippen LogP contribution in [0.2, 0.25) is 0 Å². The molecule has 0 fully saturated rings. The molecule has 1 heterocycles. The molecule has 1 unspecified atom stereocenters. The standard InChI is InChI=1S/C20H22N4O4/c1-27-12-6-11-24-18(16-9-3-4-10-17(16)22-20(24)26)23-19(25)21-14-7-5-8-15(13-14)28-2/h3-5,7-10,13,16H,6,11-12H2,1-2H3,(H,21,25)/b23-18+. The third-order valence-electron chi connectivity index (χ3n) is 4.28. The number of allylic oxidation sites excluding steroid dienone is 3. The summed E-state index contributed by atoms with van der Waals surface area (Å²) < 4.78 is 10.2. The molecule has 1 aromatic rings. The zero-order chi connectivity index (χ0) is 19.9. The lowest BCUT2D eigenvalue weighted by Crippen LogP contribution is -2.47. The van der Waals surface area contributed by atoms with E-state index < -0.39 is 12.1 Å². The quantitative estimate of drug-likeness (QED) is 0.764. The molecule has 4 amide bonds. The maximum Gasteiger partial charge on any atom is 0.349 e. The van der Waals surface area contributed by atoms with Crippen LogP contribution >= 0.6 is 0 Å². The van der Waals surface area contributed by atoms with E-state index in [1.54, 1.807) is 50.6 Å². The van der Waals surface area contributed by atoms with Crippen LogP contribution in [0.1, 0.15) is 6.42 Å². The Balaban J connectivity index is 1.85. The molecule has 0 bridgehead atoms. The number of urea groups is 2. The smallest absolute Gasteiger partial charge is 0.349 e. The SMILES string of the molecule is COCCCN1C(=O)N=C2C=CC=CC2/C1=N\C(=O)Nc1cccc(OC)c1. The van der Waals surface area contributed by atoms with Gasteiger partial charge >= 0.3 is 12.1 Å². The van der Waals surface area contributed by atoms with Gasteiger partial charge in [0.1, 0.15) is 11.6 Å². The average Bonchev–Trinajstić information content (AvgIpc) is 2.70. The number of ether oxygens (including phenoxy) is 2. The van der Waals surface area contributed by atoms with Crippen molar-refractivity contribution in [1.29, 1.82) is 0 Å². The number of hydrogen-bond acceptors (Lipinski definition) is 4. The topological polar surface area (TPSA) is 92.6 Å². The molecule has 3 rings (SSSR count). The normalized spacial score (nSPS) is 19.4. The van der Waals surface area contributed by atoms with Crippen LogP contribution in [0.5, 0.6) is 5.75 Å². The molecular formula is C20H22N4O4. The fourth-order valence-corrected chi connectivity index (χ4v) is 2.96. The molecule has 8 heteroatoms. The molecule has 0 saturated heterocycles. The molecule has 0 saturated carbocycles. The number of amidine groups is 1. The number of rotatable bonds is 6. The lowest BCUT2D eigenvalue weighted by Gasteiger charge is -2.31. The molecule has 0 aromatic heterocycles. The summed E-state index contributed by atoms with van der Waals surface area (Å²) in [7, 11) is 3.15. The van der Waals surface area contributed by atoms with Gasteiger partial charge in [0, 0.05) is 32.0 Å². The summed E-state index contributed by atoms with van der Waals surface area (Å²) in [6.07, 6.45) is 7.88. The molecule has 8 nitrogen and oxygen atoms in total. The zero-order valence-corrected chi connectivity index (χ0v) is 15.8. The Hall–Kier alpha value is -3.26. The predicted octanol–water partition coefficient (Wildman–Crippen LogP) is 3.28. The van der Waals surface area contributed by atoms with E-state index in [-0.39, 0.29) is 5.92 Å². The number of nitrogens with one attached hydrogen (secondary N) is 1. The third kappa shape index (κ3) is 4.52. The maximum atomic E-state index is 12.6. The molecule has 28 heavy (non-hydrogen) atoms. The Bertz CT molecular complexity index is 873. The number of carbonyl (C=O) groups is 2. The van der Waals surface area contributed by atoms with Crippen molar-refractivity contribution >= 4 is 29.3 Å². The van der Waals surface area contributed by atoms with Gasteiger partial charge in [-0.2, -0.15) is 9.98 Å². The molecule has 2 aliphatic rings. The summed E-state index contributed by atoms with van der Waals surface area (Å²) in [5.41, 5.74) is 1.12. The van der Waals surface area contributed by atoms with Gasteiger partial charge in [-0.25, -0.2) is 9.59 Å². The highest BCUT2D eigenvalue weighted by Crippen LogP contribution is 2.22. The van der Waals surface area contributed by atoms with Gasteiger partial charge in [-0.1, -0.05) is 24.3 Å². The van der Waals surface area contributed by atoms with E-state index in [9.17, 15) is 9.59 Å². The van der Waals surface area contributed by atoms with Crippen LogP contribution < -0.4 is 10.1 Å². The molecule has 1 N–H and O–H groups in total. The first kappa shape index (κ1) is 19.5. The molecule has 146 valence electrons. The van der Waals surface area contributed by atoms with Crippen molar-refractivity contribution in [1.82, 2.24) is 4.90 Å². The fraction of sp³-hybridized carbons (Fsp3) is 0.300. The monoisotopic (exact) mass is 382 g/mol. The van der Waals surface area contributed by atoms with Gasteiger partial charge < -0.3 is 14.8 Å². The number of anilines is 1. The van der Waals surface area contributed by atoms with Crippen LogP contribution in [0.3, 0.4) is 0 Å². The Morgan fingerprint density at radius 1 is 1.32 bits per heavy atom. The number of nitrogens with zero attached hydrogens (tertiary/aromatic N) is 3. The number of carbonyl (C=O) groups excluding carboxylic acids is 2. The number of aliphatic imine (C=N–C) groups is 2. The van der Waals surface area contributed by atoms with Crippen molar-refractivity contribution in [2.45, 2.75) is 6.42 Å². The molecule has 1 aromatic carbocycles. The van der Waals surface area contributed by atoms with Crippen molar-refractivity contribution in [3.8, 4) is 5.75 Å².